The molecule has 1 amide bonds. The highest BCUT2D eigenvalue weighted by Crippen LogP contribution is 2.11. The third kappa shape index (κ3) is 5.45. The molecule has 0 saturated carbocycles. The summed E-state index contributed by atoms with van der Waals surface area (Å²) in [5, 5.41) is 6.91. The molecular weight excluding hydrogens is 318 g/mol. The first-order valence-electron chi connectivity index (χ1n) is 8.26. The van der Waals surface area contributed by atoms with Gasteiger partial charge in [0.1, 0.15) is 11.6 Å². The van der Waals surface area contributed by atoms with Crippen LogP contribution in [0.5, 0.6) is 0 Å². The van der Waals surface area contributed by atoms with Crippen LogP contribution in [0, 0.1) is 13.8 Å². The average molecular weight is 343 g/mol. The number of rotatable bonds is 4. The molecule has 0 aliphatic heterocycles. The van der Waals surface area contributed by atoms with E-state index in [1.54, 1.807) is 20.8 Å². The monoisotopic (exact) mass is 343 g/mol. The lowest BCUT2D eigenvalue weighted by Crippen LogP contribution is -2.47. The number of carbonyl (C=O) groups is 2. The minimum absolute atomic E-state index is 0.291. The highest BCUT2D eigenvalue weighted by atomic mass is 16.6. The molecule has 1 aromatic heterocycles. The van der Waals surface area contributed by atoms with Gasteiger partial charge in [-0.25, -0.2) is 9.48 Å². The molecule has 1 unspecified atom stereocenters. The molecule has 6 nitrogen and oxygen atoms in total. The van der Waals surface area contributed by atoms with Crippen molar-refractivity contribution in [1.82, 2.24) is 15.1 Å². The van der Waals surface area contributed by atoms with Crippen LogP contribution in [0.1, 0.15) is 42.5 Å². The molecule has 1 atom stereocenters. The topological polar surface area (TPSA) is 73.2 Å². The number of hydrogen-bond donors (Lipinski definition) is 1. The van der Waals surface area contributed by atoms with Crippen LogP contribution in [0.15, 0.2) is 36.4 Å². The summed E-state index contributed by atoms with van der Waals surface area (Å²) in [5.74, 6) is -0.291. The fourth-order valence-electron chi connectivity index (χ4n) is 2.50. The number of nitrogens with zero attached hydrogens (tertiary/aromatic N) is 2. The van der Waals surface area contributed by atoms with Gasteiger partial charge in [-0.2, -0.15) is 5.10 Å². The summed E-state index contributed by atoms with van der Waals surface area (Å²) in [6.07, 6.45) is -0.264. The molecule has 0 bridgehead atoms. The molecule has 25 heavy (non-hydrogen) atoms. The Balaban J connectivity index is 2.23. The summed E-state index contributed by atoms with van der Waals surface area (Å²) in [6, 6.07) is 10.6. The third-order valence-corrected chi connectivity index (χ3v) is 3.49. The number of amides is 1. The Kier molecular flexibility index (Phi) is 5.62. The first-order chi connectivity index (χ1) is 11.7. The highest BCUT2D eigenvalue weighted by molar-refractivity contribution is 5.87. The lowest BCUT2D eigenvalue weighted by Gasteiger charge is -2.23. The fraction of sp³-hybridized carbons (Fsp3) is 0.421. The molecule has 0 saturated heterocycles. The van der Waals surface area contributed by atoms with Crippen molar-refractivity contribution in [2.75, 3.05) is 0 Å². The maximum atomic E-state index is 12.9. The smallest absolute Gasteiger partial charge is 0.408 e. The minimum atomic E-state index is -0.768. The van der Waals surface area contributed by atoms with Gasteiger partial charge in [0.25, 0.3) is 5.91 Å². The second kappa shape index (κ2) is 7.51. The number of benzene rings is 1. The van der Waals surface area contributed by atoms with Gasteiger partial charge in [-0.3, -0.25) is 4.79 Å². The Morgan fingerprint density at radius 1 is 1.20 bits per heavy atom. The zero-order valence-corrected chi connectivity index (χ0v) is 15.4. The number of nitrogens with one attached hydrogen (secondary N) is 1. The molecule has 0 aliphatic rings. The van der Waals surface area contributed by atoms with Crippen molar-refractivity contribution in [3.63, 3.8) is 0 Å². The highest BCUT2D eigenvalue weighted by Gasteiger charge is 2.27. The van der Waals surface area contributed by atoms with Crippen LogP contribution >= 0.6 is 0 Å². The normalized spacial score (nSPS) is 12.5. The molecule has 0 fully saturated rings. The van der Waals surface area contributed by atoms with E-state index in [9.17, 15) is 9.59 Å². The number of ether oxygens (including phenoxy) is 1. The molecule has 0 radical (unpaired) electrons. The van der Waals surface area contributed by atoms with Crippen molar-refractivity contribution < 1.29 is 14.3 Å². The van der Waals surface area contributed by atoms with Crippen molar-refractivity contribution in [3.05, 3.63) is 53.3 Å². The van der Waals surface area contributed by atoms with E-state index in [1.807, 2.05) is 50.2 Å². The predicted octanol–water partition coefficient (Wildman–Crippen LogP) is 3.28. The van der Waals surface area contributed by atoms with E-state index in [1.165, 1.54) is 4.68 Å². The van der Waals surface area contributed by atoms with Crippen LogP contribution in [0.4, 0.5) is 4.79 Å². The number of hydrogen-bond acceptors (Lipinski definition) is 4. The summed E-state index contributed by atoms with van der Waals surface area (Å²) < 4.78 is 6.63. The Hall–Kier alpha value is -2.63. The molecule has 1 aromatic carbocycles. The summed E-state index contributed by atoms with van der Waals surface area (Å²) in [7, 11) is 0. The molecule has 6 heteroatoms. The van der Waals surface area contributed by atoms with E-state index in [4.69, 9.17) is 4.74 Å². The molecule has 2 rings (SSSR count). The van der Waals surface area contributed by atoms with Gasteiger partial charge in [-0.1, -0.05) is 30.3 Å². The molecule has 0 spiro atoms. The van der Waals surface area contributed by atoms with Gasteiger partial charge in [0.15, 0.2) is 0 Å². The van der Waals surface area contributed by atoms with E-state index in [-0.39, 0.29) is 5.91 Å². The van der Waals surface area contributed by atoms with E-state index >= 15 is 0 Å². The Morgan fingerprint density at radius 3 is 2.36 bits per heavy atom. The van der Waals surface area contributed by atoms with Crippen molar-refractivity contribution in [2.45, 2.75) is 52.7 Å². The summed E-state index contributed by atoms with van der Waals surface area (Å²) >= 11 is 0. The maximum absolute atomic E-state index is 12.9. The lowest BCUT2D eigenvalue weighted by atomic mass is 10.1. The Bertz CT molecular complexity index is 745. The van der Waals surface area contributed by atoms with Crippen LogP contribution in [0.25, 0.3) is 0 Å². The van der Waals surface area contributed by atoms with Gasteiger partial charge in [-0.15, -0.1) is 0 Å². The fourth-order valence-corrected chi connectivity index (χ4v) is 2.50. The van der Waals surface area contributed by atoms with Gasteiger partial charge < -0.3 is 10.1 Å². The third-order valence-electron chi connectivity index (χ3n) is 3.49. The van der Waals surface area contributed by atoms with Gasteiger partial charge in [0.2, 0.25) is 0 Å². The maximum Gasteiger partial charge on any atom is 0.408 e. The van der Waals surface area contributed by atoms with Gasteiger partial charge in [0.05, 0.1) is 5.69 Å². The van der Waals surface area contributed by atoms with Crippen LogP contribution in [0.2, 0.25) is 0 Å². The van der Waals surface area contributed by atoms with E-state index in [0.29, 0.717) is 6.42 Å². The van der Waals surface area contributed by atoms with Gasteiger partial charge >= 0.3 is 6.09 Å². The van der Waals surface area contributed by atoms with Gasteiger partial charge in [0, 0.05) is 12.1 Å². The quantitative estimate of drug-likeness (QED) is 0.924. The van der Waals surface area contributed by atoms with E-state index < -0.39 is 17.7 Å². The Labute approximate surface area is 148 Å². The molecule has 2 aromatic rings. The summed E-state index contributed by atoms with van der Waals surface area (Å²) in [5.41, 5.74) is 1.79. The van der Waals surface area contributed by atoms with Crippen molar-refractivity contribution in [1.29, 1.82) is 0 Å². The average Bonchev–Trinajstić information content (AvgIpc) is 2.83. The van der Waals surface area contributed by atoms with Crippen LogP contribution in [-0.2, 0) is 11.2 Å². The second-order valence-electron chi connectivity index (χ2n) is 7.07. The van der Waals surface area contributed by atoms with Crippen molar-refractivity contribution in [3.8, 4) is 0 Å². The van der Waals surface area contributed by atoms with Crippen LogP contribution < -0.4 is 5.32 Å². The van der Waals surface area contributed by atoms with Crippen LogP contribution in [-0.4, -0.2) is 33.4 Å². The molecule has 0 aliphatic carbocycles. The number of carbonyl (C=O) groups excluding carboxylic acids is 2. The zero-order chi connectivity index (χ0) is 18.6. The SMILES string of the molecule is Cc1cc(C)n(C(=O)C(Cc2ccccc2)NC(=O)OC(C)(C)C)n1. The molecule has 1 N–H and O–H groups in total. The molecule has 1 heterocycles. The number of alkyl carbamates (subject to hydrolysis) is 1. The van der Waals surface area contributed by atoms with E-state index in [0.717, 1.165) is 17.0 Å². The lowest BCUT2D eigenvalue weighted by molar-refractivity contribution is 0.0480. The largest absolute Gasteiger partial charge is 0.444 e. The first-order valence-corrected chi connectivity index (χ1v) is 8.26. The standard InChI is InChI=1S/C19H25N3O3/c1-13-11-14(2)22(21-13)17(23)16(12-15-9-7-6-8-10-15)20-18(24)25-19(3,4)5/h6-11,16H,12H2,1-5H3,(H,20,24). The van der Waals surface area contributed by atoms with Gasteiger partial charge in [-0.05, 0) is 46.2 Å². The first kappa shape index (κ1) is 18.7. The molecule has 134 valence electrons. The Morgan fingerprint density at radius 2 is 1.84 bits per heavy atom. The van der Waals surface area contributed by atoms with E-state index in [2.05, 4.69) is 10.4 Å². The predicted molar refractivity (Wildman–Crippen MR) is 95.6 cm³/mol. The van der Waals surface area contributed by atoms with Crippen LogP contribution in [0.3, 0.4) is 0 Å². The second-order valence-corrected chi connectivity index (χ2v) is 7.07. The zero-order valence-electron chi connectivity index (χ0n) is 15.4. The number of aromatic nitrogens is 2. The minimum Gasteiger partial charge on any atom is -0.444 e. The molecular formula is C19H25N3O3. The number of aryl methyl sites for hydroxylation is 2. The summed E-state index contributed by atoms with van der Waals surface area (Å²) in [4.78, 5) is 25.1. The van der Waals surface area contributed by atoms with Crippen molar-refractivity contribution >= 4 is 12.0 Å². The summed E-state index contributed by atoms with van der Waals surface area (Å²) in [6.45, 7) is 8.97. The van der Waals surface area contributed by atoms with Crippen molar-refractivity contribution in [2.24, 2.45) is 0 Å².